The Balaban J connectivity index is 2.75. The molecule has 1 atom stereocenters. The zero-order chi connectivity index (χ0) is 12.0. The van der Waals surface area contributed by atoms with E-state index >= 15 is 0 Å². The van der Waals surface area contributed by atoms with Gasteiger partial charge in [0.2, 0.25) is 5.16 Å². The molecule has 0 spiro atoms. The van der Waals surface area contributed by atoms with Crippen LogP contribution in [0.4, 0.5) is 0 Å². The van der Waals surface area contributed by atoms with Gasteiger partial charge in [0.25, 0.3) is 0 Å². The summed E-state index contributed by atoms with van der Waals surface area (Å²) < 4.78 is 4.81. The maximum Gasteiger partial charge on any atom is 0.341 e. The molecule has 0 amide bonds. The molecule has 1 heterocycles. The van der Waals surface area contributed by atoms with Crippen LogP contribution < -0.4 is 0 Å². The van der Waals surface area contributed by atoms with Crippen molar-refractivity contribution in [3.8, 4) is 0 Å². The molecular formula is C7H8N2O2S5. The van der Waals surface area contributed by atoms with Crippen LogP contribution in [0.2, 0.25) is 0 Å². The van der Waals surface area contributed by atoms with Crippen molar-refractivity contribution in [3.63, 3.8) is 0 Å². The van der Waals surface area contributed by atoms with E-state index in [-0.39, 0.29) is 0 Å². The molecule has 0 aliphatic heterocycles. The minimum atomic E-state index is -0.546. The highest BCUT2D eigenvalue weighted by Crippen LogP contribution is 2.31. The van der Waals surface area contributed by atoms with Gasteiger partial charge in [-0.25, -0.2) is 14.8 Å². The quantitative estimate of drug-likeness (QED) is 0.387. The second-order valence-electron chi connectivity index (χ2n) is 2.35. The normalized spacial score (nSPS) is 12.1. The van der Waals surface area contributed by atoms with E-state index < -0.39 is 14.5 Å². The summed E-state index contributed by atoms with van der Waals surface area (Å²) in [5.41, 5.74) is 0.334. The molecule has 1 unspecified atom stereocenters. The van der Waals surface area contributed by atoms with Gasteiger partial charge >= 0.3 is 5.97 Å². The van der Waals surface area contributed by atoms with Crippen LogP contribution in [0.15, 0.2) is 17.6 Å². The van der Waals surface area contributed by atoms with E-state index in [2.05, 4.69) is 21.6 Å². The van der Waals surface area contributed by atoms with Crippen molar-refractivity contribution in [2.75, 3.05) is 6.61 Å². The molecule has 0 N–H and O–H groups in total. The van der Waals surface area contributed by atoms with E-state index in [1.165, 1.54) is 32.0 Å². The zero-order valence-corrected chi connectivity index (χ0v) is 12.3. The Morgan fingerprint density at radius 1 is 1.62 bits per heavy atom. The summed E-state index contributed by atoms with van der Waals surface area (Å²) in [4.78, 5) is 19.4. The van der Waals surface area contributed by atoms with Crippen LogP contribution in [-0.4, -0.2) is 22.5 Å². The Morgan fingerprint density at radius 2 is 2.25 bits per heavy atom. The maximum absolute atomic E-state index is 11.3. The van der Waals surface area contributed by atoms with Crippen LogP contribution >= 0.6 is 31.3 Å². The lowest BCUT2D eigenvalue weighted by atomic mass is 10.3. The highest BCUT2D eigenvalue weighted by atomic mass is 33.7. The van der Waals surface area contributed by atoms with Crippen molar-refractivity contribution >= 4 is 57.0 Å². The summed E-state index contributed by atoms with van der Waals surface area (Å²) in [7, 11) is 2.12. The standard InChI is InChI=1S/C7H8N2O2S5/c1-2-11-6(10)5-3-8-7(9-4-5)16(13)15-14-12/h3-4,12H,2H2,1H3. The Hall–Kier alpha value is 0.170. The maximum atomic E-state index is 11.3. The molecule has 0 aromatic carbocycles. The number of carbonyl (C=O) groups excluding carboxylic acids is 1. The summed E-state index contributed by atoms with van der Waals surface area (Å²) in [5.74, 6) is -0.422. The summed E-state index contributed by atoms with van der Waals surface area (Å²) in [6.07, 6.45) is 2.85. The molecule has 9 heteroatoms. The number of ether oxygens (including phenoxy) is 1. The highest BCUT2D eigenvalue weighted by Gasteiger charge is 2.09. The molecule has 1 rings (SSSR count). The van der Waals surface area contributed by atoms with Crippen molar-refractivity contribution in [1.82, 2.24) is 9.97 Å². The first kappa shape index (κ1) is 14.2. The molecule has 16 heavy (non-hydrogen) atoms. The second kappa shape index (κ2) is 7.49. The van der Waals surface area contributed by atoms with Crippen LogP contribution in [0.3, 0.4) is 0 Å². The molecular weight excluding hydrogens is 304 g/mol. The molecule has 4 nitrogen and oxygen atoms in total. The minimum Gasteiger partial charge on any atom is -0.462 e. The van der Waals surface area contributed by atoms with Crippen molar-refractivity contribution in [1.29, 1.82) is 0 Å². The van der Waals surface area contributed by atoms with Gasteiger partial charge in [0.05, 0.1) is 12.2 Å². The van der Waals surface area contributed by atoms with Gasteiger partial charge < -0.3 is 4.74 Å². The van der Waals surface area contributed by atoms with Crippen molar-refractivity contribution in [2.24, 2.45) is 0 Å². The molecule has 1 aromatic rings. The monoisotopic (exact) mass is 312 g/mol. The molecule has 88 valence electrons. The molecule has 0 fully saturated rings. The van der Waals surface area contributed by atoms with Crippen LogP contribution in [-0.2, 0) is 24.4 Å². The van der Waals surface area contributed by atoms with E-state index in [1.54, 1.807) is 6.92 Å². The number of nitrogens with zero attached hydrogens (tertiary/aromatic N) is 2. The van der Waals surface area contributed by atoms with Crippen LogP contribution in [0, 0.1) is 0 Å². The molecule has 0 bridgehead atoms. The third kappa shape index (κ3) is 4.21. The number of thiol groups is 1. The van der Waals surface area contributed by atoms with Gasteiger partial charge in [0, 0.05) is 20.9 Å². The lowest BCUT2D eigenvalue weighted by Crippen LogP contribution is -2.06. The van der Waals surface area contributed by atoms with Crippen molar-refractivity contribution in [3.05, 3.63) is 18.0 Å². The Morgan fingerprint density at radius 3 is 2.75 bits per heavy atom. The molecule has 0 aliphatic rings. The number of hydrogen-bond donors (Lipinski definition) is 1. The van der Waals surface area contributed by atoms with E-state index in [0.29, 0.717) is 17.3 Å². The van der Waals surface area contributed by atoms with Gasteiger partial charge in [-0.15, -0.1) is 0 Å². The molecule has 0 saturated carbocycles. The SMILES string of the molecule is CCOC(=O)c1cnc(S(=S)SSS)nc1. The average Bonchev–Trinajstić information content (AvgIpc) is 2.30. The van der Waals surface area contributed by atoms with Gasteiger partial charge in [-0.2, -0.15) is 0 Å². The first-order chi connectivity index (χ1) is 7.69. The highest BCUT2D eigenvalue weighted by molar-refractivity contribution is 9.24. The predicted octanol–water partition coefficient (Wildman–Crippen LogP) is 2.23. The van der Waals surface area contributed by atoms with Crippen LogP contribution in [0.25, 0.3) is 0 Å². The van der Waals surface area contributed by atoms with E-state index in [9.17, 15) is 4.79 Å². The topological polar surface area (TPSA) is 52.1 Å². The Labute approximate surface area is 113 Å². The van der Waals surface area contributed by atoms with Crippen molar-refractivity contribution < 1.29 is 9.53 Å². The van der Waals surface area contributed by atoms with Gasteiger partial charge in [0.15, 0.2) is 0 Å². The number of esters is 1. The fraction of sp³-hybridized carbons (Fsp3) is 0.286. The summed E-state index contributed by atoms with van der Waals surface area (Å²) in [6, 6.07) is 0. The molecule has 0 radical (unpaired) electrons. The Kier molecular flexibility index (Phi) is 6.66. The summed E-state index contributed by atoms with van der Waals surface area (Å²) in [6.45, 7) is 2.08. The fourth-order valence-corrected chi connectivity index (χ4v) is 6.59. The minimum absolute atomic E-state index is 0.331. The van der Waals surface area contributed by atoms with E-state index in [4.69, 9.17) is 15.9 Å². The average molecular weight is 312 g/mol. The predicted molar refractivity (Wildman–Crippen MR) is 75.2 cm³/mol. The van der Waals surface area contributed by atoms with Crippen molar-refractivity contribution in [2.45, 2.75) is 12.1 Å². The van der Waals surface area contributed by atoms with Gasteiger partial charge in [0.1, 0.15) is 0 Å². The van der Waals surface area contributed by atoms with Crippen LogP contribution in [0.1, 0.15) is 17.3 Å². The van der Waals surface area contributed by atoms with E-state index in [0.717, 1.165) is 0 Å². The lowest BCUT2D eigenvalue weighted by molar-refractivity contribution is 0.0525. The van der Waals surface area contributed by atoms with Gasteiger partial charge in [-0.3, -0.25) is 0 Å². The Bertz CT molecular complexity index is 346. The van der Waals surface area contributed by atoms with Crippen LogP contribution in [0.5, 0.6) is 0 Å². The first-order valence-electron chi connectivity index (χ1n) is 4.08. The summed E-state index contributed by atoms with van der Waals surface area (Å²) >= 11 is 9.12. The van der Waals surface area contributed by atoms with Gasteiger partial charge in [-0.05, 0) is 37.8 Å². The fourth-order valence-electron chi connectivity index (χ4n) is 0.780. The number of hydrogen-bond acceptors (Lipinski definition) is 8. The van der Waals surface area contributed by atoms with Gasteiger partial charge in [-0.1, -0.05) is 11.7 Å². The zero-order valence-electron chi connectivity index (χ0n) is 8.15. The number of carbonyl (C=O) groups is 1. The number of aromatic nitrogens is 2. The molecule has 1 aromatic heterocycles. The third-order valence-electron chi connectivity index (χ3n) is 1.38. The second-order valence-corrected chi connectivity index (χ2v) is 9.53. The largest absolute Gasteiger partial charge is 0.462 e. The number of rotatable bonds is 5. The van der Waals surface area contributed by atoms with E-state index in [1.807, 2.05) is 0 Å². The lowest BCUT2D eigenvalue weighted by Gasteiger charge is -2.02. The smallest absolute Gasteiger partial charge is 0.341 e. The first-order valence-corrected chi connectivity index (χ1v) is 9.95. The third-order valence-corrected chi connectivity index (χ3v) is 8.33. The summed E-state index contributed by atoms with van der Waals surface area (Å²) in [5, 5.41) is 0.523. The molecule has 0 saturated heterocycles. The molecule has 0 aliphatic carbocycles.